The molecule has 4 heterocycles. The van der Waals surface area contributed by atoms with Crippen LogP contribution in [0.15, 0.2) is 42.5 Å². The number of hydrogen-bond acceptors (Lipinski definition) is 4. The van der Waals surface area contributed by atoms with E-state index in [9.17, 15) is 5.11 Å². The molecule has 0 saturated carbocycles. The molecule has 4 nitrogen and oxygen atoms in total. The topological polar surface area (TPSA) is 45.6 Å². The molecule has 0 amide bonds. The van der Waals surface area contributed by atoms with Crippen LogP contribution in [-0.2, 0) is 6.42 Å². The van der Waals surface area contributed by atoms with Gasteiger partial charge in [0.05, 0.1) is 12.3 Å². The summed E-state index contributed by atoms with van der Waals surface area (Å²) in [5.74, 6) is 7.40. The summed E-state index contributed by atoms with van der Waals surface area (Å²) in [7, 11) is 0. The SMILES string of the molecule is CCCOc1ccc(C#C[C@@]2(O)CN3CCC2CC3)c(Cc2ccccc2)n1. The minimum atomic E-state index is -0.905. The number of aromatic nitrogens is 1. The summed E-state index contributed by atoms with van der Waals surface area (Å²) in [5.41, 5.74) is 2.06. The average Bonchev–Trinajstić information content (AvgIpc) is 2.73. The maximum absolute atomic E-state index is 11.1. The van der Waals surface area contributed by atoms with Gasteiger partial charge in [-0.25, -0.2) is 4.98 Å². The van der Waals surface area contributed by atoms with Gasteiger partial charge in [0.1, 0.15) is 5.60 Å². The van der Waals surface area contributed by atoms with Gasteiger partial charge in [0.15, 0.2) is 0 Å². The Hall–Kier alpha value is -2.35. The number of piperidine rings is 3. The number of benzene rings is 1. The molecule has 3 fully saturated rings. The Morgan fingerprint density at radius 3 is 2.64 bits per heavy atom. The van der Waals surface area contributed by atoms with Crippen LogP contribution in [0, 0.1) is 17.8 Å². The van der Waals surface area contributed by atoms with Crippen LogP contribution in [0.3, 0.4) is 0 Å². The number of rotatable bonds is 5. The molecule has 28 heavy (non-hydrogen) atoms. The van der Waals surface area contributed by atoms with Crippen LogP contribution in [0.2, 0.25) is 0 Å². The molecule has 3 aliphatic rings. The van der Waals surface area contributed by atoms with Crippen molar-refractivity contribution in [1.29, 1.82) is 0 Å². The second kappa shape index (κ2) is 8.34. The Kier molecular flexibility index (Phi) is 5.66. The van der Waals surface area contributed by atoms with Gasteiger partial charge < -0.3 is 9.84 Å². The van der Waals surface area contributed by atoms with Gasteiger partial charge in [-0.3, -0.25) is 4.90 Å². The highest BCUT2D eigenvalue weighted by Gasteiger charge is 2.44. The molecule has 3 saturated heterocycles. The van der Waals surface area contributed by atoms with E-state index in [0.29, 0.717) is 25.5 Å². The lowest BCUT2D eigenvalue weighted by molar-refractivity contribution is -0.0713. The number of ether oxygens (including phenoxy) is 1. The molecule has 1 aromatic heterocycles. The number of hydrogen-bond donors (Lipinski definition) is 1. The number of fused-ring (bicyclic) bond motifs is 3. The molecule has 1 aromatic carbocycles. The highest BCUT2D eigenvalue weighted by molar-refractivity contribution is 5.44. The van der Waals surface area contributed by atoms with Gasteiger partial charge in [-0.05, 0) is 44.0 Å². The van der Waals surface area contributed by atoms with Crippen molar-refractivity contribution >= 4 is 0 Å². The molecular weight excluding hydrogens is 348 g/mol. The van der Waals surface area contributed by atoms with Crippen LogP contribution in [0.25, 0.3) is 0 Å². The summed E-state index contributed by atoms with van der Waals surface area (Å²) in [4.78, 5) is 7.04. The van der Waals surface area contributed by atoms with Crippen LogP contribution < -0.4 is 4.74 Å². The van der Waals surface area contributed by atoms with Gasteiger partial charge >= 0.3 is 0 Å². The summed E-state index contributed by atoms with van der Waals surface area (Å²) < 4.78 is 5.73. The Bertz CT molecular complexity index is 863. The van der Waals surface area contributed by atoms with E-state index in [1.165, 1.54) is 5.56 Å². The predicted octanol–water partition coefficient (Wildman–Crippen LogP) is 3.27. The normalized spacial score (nSPS) is 25.8. The molecule has 5 rings (SSSR count). The zero-order valence-electron chi connectivity index (χ0n) is 16.5. The van der Waals surface area contributed by atoms with Crippen LogP contribution >= 0.6 is 0 Å². The summed E-state index contributed by atoms with van der Waals surface area (Å²) in [5, 5.41) is 11.1. The second-order valence-corrected chi connectivity index (χ2v) is 7.88. The number of aliphatic hydroxyl groups is 1. The van der Waals surface area contributed by atoms with Crippen LogP contribution in [0.1, 0.15) is 43.0 Å². The minimum Gasteiger partial charge on any atom is -0.478 e. The summed E-state index contributed by atoms with van der Waals surface area (Å²) >= 11 is 0. The van der Waals surface area contributed by atoms with Crippen molar-refractivity contribution in [3.63, 3.8) is 0 Å². The predicted molar refractivity (Wildman–Crippen MR) is 110 cm³/mol. The van der Waals surface area contributed by atoms with E-state index in [1.807, 2.05) is 30.3 Å². The highest BCUT2D eigenvalue weighted by Crippen LogP contribution is 2.35. The first kappa shape index (κ1) is 19.0. The van der Waals surface area contributed by atoms with E-state index in [1.54, 1.807) is 0 Å². The number of pyridine rings is 1. The summed E-state index contributed by atoms with van der Waals surface area (Å²) in [6.45, 7) is 5.56. The fourth-order valence-corrected chi connectivity index (χ4v) is 4.16. The lowest BCUT2D eigenvalue weighted by atomic mass is 9.75. The Morgan fingerprint density at radius 2 is 1.96 bits per heavy atom. The van der Waals surface area contributed by atoms with Crippen molar-refractivity contribution < 1.29 is 9.84 Å². The van der Waals surface area contributed by atoms with Crippen molar-refractivity contribution in [2.75, 3.05) is 26.2 Å². The van der Waals surface area contributed by atoms with Crippen molar-refractivity contribution in [1.82, 2.24) is 9.88 Å². The van der Waals surface area contributed by atoms with Gasteiger partial charge in [-0.1, -0.05) is 49.1 Å². The molecule has 0 spiro atoms. The third kappa shape index (κ3) is 4.22. The Morgan fingerprint density at radius 1 is 1.18 bits per heavy atom. The maximum Gasteiger partial charge on any atom is 0.213 e. The van der Waals surface area contributed by atoms with Gasteiger partial charge in [0.2, 0.25) is 5.88 Å². The van der Waals surface area contributed by atoms with E-state index in [2.05, 4.69) is 35.8 Å². The molecule has 2 bridgehead atoms. The Labute approximate surface area is 167 Å². The molecular formula is C24H28N2O2. The fraction of sp³-hybridized carbons (Fsp3) is 0.458. The lowest BCUT2D eigenvalue weighted by Gasteiger charge is -2.47. The van der Waals surface area contributed by atoms with E-state index in [0.717, 1.165) is 43.6 Å². The number of nitrogens with zero attached hydrogens (tertiary/aromatic N) is 2. The standard InChI is InChI=1S/C24H28N2O2/c1-2-16-28-23-9-8-20(22(25-23)17-19-6-4-3-5-7-19)10-13-24(27)18-26-14-11-21(24)12-15-26/h3-9,21,27H,2,11-12,14-18H2,1H3/t24-/m1/s1. The smallest absolute Gasteiger partial charge is 0.213 e. The third-order valence-electron chi connectivity index (χ3n) is 5.76. The van der Waals surface area contributed by atoms with Crippen LogP contribution in [-0.4, -0.2) is 46.8 Å². The third-order valence-corrected chi connectivity index (χ3v) is 5.76. The Balaban J connectivity index is 1.62. The molecule has 3 aliphatic heterocycles. The lowest BCUT2D eigenvalue weighted by Crippen LogP contribution is -2.58. The largest absolute Gasteiger partial charge is 0.478 e. The van der Waals surface area contributed by atoms with E-state index in [4.69, 9.17) is 9.72 Å². The van der Waals surface area contributed by atoms with Gasteiger partial charge in [-0.15, -0.1) is 0 Å². The molecule has 0 radical (unpaired) electrons. The van der Waals surface area contributed by atoms with E-state index < -0.39 is 5.60 Å². The summed E-state index contributed by atoms with van der Waals surface area (Å²) in [6.07, 6.45) is 3.71. The molecule has 1 N–H and O–H groups in total. The molecule has 146 valence electrons. The quantitative estimate of drug-likeness (QED) is 0.814. The molecule has 0 unspecified atom stereocenters. The van der Waals surface area contributed by atoms with Crippen molar-refractivity contribution in [2.45, 2.75) is 38.2 Å². The molecule has 4 heteroatoms. The second-order valence-electron chi connectivity index (χ2n) is 7.88. The van der Waals surface area contributed by atoms with Gasteiger partial charge in [-0.2, -0.15) is 0 Å². The van der Waals surface area contributed by atoms with Crippen LogP contribution in [0.4, 0.5) is 0 Å². The summed E-state index contributed by atoms with van der Waals surface area (Å²) in [6, 6.07) is 14.1. The minimum absolute atomic E-state index is 0.280. The van der Waals surface area contributed by atoms with Crippen molar-refractivity contribution in [3.8, 4) is 17.7 Å². The van der Waals surface area contributed by atoms with Crippen molar-refractivity contribution in [2.24, 2.45) is 5.92 Å². The first-order valence-electron chi connectivity index (χ1n) is 10.3. The zero-order valence-corrected chi connectivity index (χ0v) is 16.5. The fourth-order valence-electron chi connectivity index (χ4n) is 4.16. The first-order chi connectivity index (χ1) is 13.7. The van der Waals surface area contributed by atoms with Crippen molar-refractivity contribution in [3.05, 3.63) is 59.3 Å². The maximum atomic E-state index is 11.1. The average molecular weight is 377 g/mol. The monoisotopic (exact) mass is 376 g/mol. The van der Waals surface area contributed by atoms with Gasteiger partial charge in [0.25, 0.3) is 0 Å². The highest BCUT2D eigenvalue weighted by atomic mass is 16.5. The van der Waals surface area contributed by atoms with Crippen LogP contribution in [0.5, 0.6) is 5.88 Å². The molecule has 2 aromatic rings. The van der Waals surface area contributed by atoms with E-state index in [-0.39, 0.29) is 5.92 Å². The first-order valence-corrected chi connectivity index (χ1v) is 10.3. The zero-order chi connectivity index (χ0) is 19.4. The molecule has 0 aliphatic carbocycles. The van der Waals surface area contributed by atoms with E-state index >= 15 is 0 Å². The van der Waals surface area contributed by atoms with Gasteiger partial charge in [0, 0.05) is 30.5 Å². The molecule has 1 atom stereocenters.